The van der Waals surface area contributed by atoms with Gasteiger partial charge in [-0.3, -0.25) is 19.3 Å². The molecule has 27 heavy (non-hydrogen) atoms. The summed E-state index contributed by atoms with van der Waals surface area (Å²) >= 11 is 0. The minimum atomic E-state index is -0.678. The van der Waals surface area contributed by atoms with E-state index in [1.54, 1.807) is 0 Å². The summed E-state index contributed by atoms with van der Waals surface area (Å²) < 4.78 is 0. The van der Waals surface area contributed by atoms with Crippen LogP contribution in [0.1, 0.15) is 78.1 Å². The van der Waals surface area contributed by atoms with E-state index in [-0.39, 0.29) is 28.4 Å². The molecule has 1 N–H and O–H groups in total. The summed E-state index contributed by atoms with van der Waals surface area (Å²) in [4.78, 5) is 38.9. The third-order valence-corrected chi connectivity index (χ3v) is 8.00. The second-order valence-electron chi connectivity index (χ2n) is 11.0. The number of hydrogen-bond donors (Lipinski definition) is 1. The largest absolute Gasteiger partial charge is 0.511 e. The fraction of sp³-hybridized carbons (Fsp3) is 0.773. The molecule has 4 saturated carbocycles. The zero-order chi connectivity index (χ0) is 19.2. The van der Waals surface area contributed by atoms with Crippen LogP contribution in [0.5, 0.6) is 0 Å². The number of carbonyl (C=O) groups is 3. The average molecular weight is 371 g/mol. The smallest absolute Gasteiger partial charge is 0.268 e. The van der Waals surface area contributed by atoms with Gasteiger partial charge in [-0.1, -0.05) is 13.8 Å². The van der Waals surface area contributed by atoms with E-state index in [4.69, 9.17) is 0 Å². The number of hydrogen-bond acceptors (Lipinski definition) is 4. The van der Waals surface area contributed by atoms with Crippen molar-refractivity contribution in [2.75, 3.05) is 0 Å². The van der Waals surface area contributed by atoms with Crippen molar-refractivity contribution in [3.63, 3.8) is 0 Å². The lowest BCUT2D eigenvalue weighted by Gasteiger charge is -2.65. The van der Waals surface area contributed by atoms with E-state index in [0.29, 0.717) is 42.4 Å². The number of Topliss-reactive ketones (excluding diaryl/α,β-unsaturated/α-hetero) is 1. The van der Waals surface area contributed by atoms with Gasteiger partial charge in [0, 0.05) is 12.8 Å². The first-order valence-corrected chi connectivity index (χ1v) is 10.5. The van der Waals surface area contributed by atoms with Gasteiger partial charge in [0.05, 0.1) is 0 Å². The van der Waals surface area contributed by atoms with E-state index in [1.807, 2.05) is 0 Å². The molecule has 146 valence electrons. The Kier molecular flexibility index (Phi) is 3.38. The van der Waals surface area contributed by atoms with Crippen LogP contribution in [0, 0.1) is 22.2 Å². The Morgan fingerprint density at radius 1 is 1.07 bits per heavy atom. The molecule has 6 rings (SSSR count). The molecule has 6 fully saturated rings. The molecule has 2 unspecified atom stereocenters. The Morgan fingerprint density at radius 2 is 1.74 bits per heavy atom. The fourth-order valence-electron chi connectivity index (χ4n) is 8.36. The van der Waals surface area contributed by atoms with Crippen molar-refractivity contribution in [3.05, 3.63) is 11.3 Å². The van der Waals surface area contributed by atoms with Gasteiger partial charge in [-0.05, 0) is 73.5 Å². The van der Waals surface area contributed by atoms with Crippen molar-refractivity contribution in [3.8, 4) is 0 Å². The Balaban J connectivity index is 1.48. The normalized spacial score (nSPS) is 47.6. The maximum Gasteiger partial charge on any atom is 0.268 e. The number of carbonyl (C=O) groups excluding carboxylic acids is 3. The highest BCUT2D eigenvalue weighted by Crippen LogP contribution is 2.70. The molecule has 2 saturated heterocycles. The number of amides is 2. The first-order chi connectivity index (χ1) is 12.6. The molecule has 2 heterocycles. The molecule has 0 aromatic heterocycles. The number of imide groups is 1. The van der Waals surface area contributed by atoms with Gasteiger partial charge in [-0.25, -0.2) is 0 Å². The third-order valence-electron chi connectivity index (χ3n) is 8.00. The third kappa shape index (κ3) is 2.46. The van der Waals surface area contributed by atoms with Crippen LogP contribution in [0.4, 0.5) is 0 Å². The summed E-state index contributed by atoms with van der Waals surface area (Å²) in [6, 6.07) is -0.678. The van der Waals surface area contributed by atoms with Gasteiger partial charge in [0.25, 0.3) is 5.91 Å². The summed E-state index contributed by atoms with van der Waals surface area (Å²) in [7, 11) is 0. The topological polar surface area (TPSA) is 74.7 Å². The van der Waals surface area contributed by atoms with E-state index >= 15 is 0 Å². The number of aliphatic hydroxyl groups excluding tert-OH is 1. The first kappa shape index (κ1) is 17.4. The van der Waals surface area contributed by atoms with E-state index in [9.17, 15) is 19.5 Å². The molecular weight excluding hydrogens is 342 g/mol. The summed E-state index contributed by atoms with van der Waals surface area (Å²) in [6.45, 7) is 4.75. The molecule has 0 spiro atoms. The SMILES string of the molecule is CC12CC3CC(C)(C1)CC(C/C(O)=C1\C(=O)[C@@H]4CCCC(=O)N4C1=O)(C3)C2. The van der Waals surface area contributed by atoms with Gasteiger partial charge in [0.2, 0.25) is 5.91 Å². The maximum atomic E-state index is 12.8. The Labute approximate surface area is 160 Å². The van der Waals surface area contributed by atoms with Crippen molar-refractivity contribution in [2.24, 2.45) is 22.2 Å². The van der Waals surface area contributed by atoms with E-state index in [1.165, 1.54) is 19.3 Å². The molecule has 5 nitrogen and oxygen atoms in total. The van der Waals surface area contributed by atoms with Gasteiger partial charge in [-0.15, -0.1) is 0 Å². The molecule has 0 aromatic rings. The number of piperidine rings is 1. The molecule has 4 aliphatic carbocycles. The summed E-state index contributed by atoms with van der Waals surface area (Å²) in [5.74, 6) is -0.539. The zero-order valence-corrected chi connectivity index (χ0v) is 16.3. The monoisotopic (exact) mass is 371 g/mol. The highest BCUT2D eigenvalue weighted by Gasteiger charge is 2.60. The standard InChI is InChI=1S/C22H29NO4/c1-20-6-13-7-21(2,10-20)12-22(8-13,11-20)9-15(24)17-18(26)14-4-3-5-16(25)23(14)19(17)27/h13-14,24H,3-12H2,1-2H3/b17-15-/t13?,14-,20?,21?,22?/m0/s1. The molecule has 4 bridgehead atoms. The lowest BCUT2D eigenvalue weighted by molar-refractivity contribution is -0.146. The number of aliphatic hydroxyl groups is 1. The highest BCUT2D eigenvalue weighted by atomic mass is 16.3. The van der Waals surface area contributed by atoms with Crippen LogP contribution in [0.2, 0.25) is 0 Å². The van der Waals surface area contributed by atoms with E-state index in [2.05, 4.69) is 13.8 Å². The minimum Gasteiger partial charge on any atom is -0.511 e. The molecule has 3 atom stereocenters. The van der Waals surface area contributed by atoms with E-state index in [0.717, 1.165) is 24.2 Å². The van der Waals surface area contributed by atoms with Gasteiger partial charge in [0.1, 0.15) is 17.4 Å². The average Bonchev–Trinajstić information content (AvgIpc) is 2.75. The Bertz CT molecular complexity index is 778. The molecule has 2 aliphatic heterocycles. The number of allylic oxidation sites excluding steroid dienone is 1. The lowest BCUT2D eigenvalue weighted by atomic mass is 9.40. The summed E-state index contributed by atoms with van der Waals surface area (Å²) in [6.07, 6.45) is 8.89. The first-order valence-electron chi connectivity index (χ1n) is 10.5. The van der Waals surface area contributed by atoms with Crippen LogP contribution in [0.15, 0.2) is 11.3 Å². The van der Waals surface area contributed by atoms with Gasteiger partial charge in [0.15, 0.2) is 5.78 Å². The van der Waals surface area contributed by atoms with Crippen molar-refractivity contribution in [1.29, 1.82) is 0 Å². The second kappa shape index (κ2) is 5.24. The highest BCUT2D eigenvalue weighted by molar-refractivity contribution is 6.30. The molecule has 5 heteroatoms. The molecular formula is C22H29NO4. The van der Waals surface area contributed by atoms with Crippen molar-refractivity contribution in [2.45, 2.75) is 84.1 Å². The van der Waals surface area contributed by atoms with Crippen LogP contribution in [-0.4, -0.2) is 33.6 Å². The quantitative estimate of drug-likeness (QED) is 0.348. The molecule has 2 amide bonds. The number of rotatable bonds is 2. The molecule has 0 radical (unpaired) electrons. The van der Waals surface area contributed by atoms with Crippen LogP contribution in [0.25, 0.3) is 0 Å². The predicted octanol–water partition coefficient (Wildman–Crippen LogP) is 3.68. The second-order valence-corrected chi connectivity index (χ2v) is 11.0. The van der Waals surface area contributed by atoms with Gasteiger partial charge < -0.3 is 5.11 Å². The van der Waals surface area contributed by atoms with Crippen LogP contribution in [-0.2, 0) is 14.4 Å². The summed E-state index contributed by atoms with van der Waals surface area (Å²) in [5.41, 5.74) is 0.529. The van der Waals surface area contributed by atoms with Crippen molar-refractivity contribution in [1.82, 2.24) is 4.90 Å². The Hall–Kier alpha value is -1.65. The lowest BCUT2D eigenvalue weighted by Crippen LogP contribution is -2.55. The van der Waals surface area contributed by atoms with Crippen LogP contribution in [0.3, 0.4) is 0 Å². The van der Waals surface area contributed by atoms with Crippen molar-refractivity contribution >= 4 is 17.6 Å². The molecule has 0 aromatic carbocycles. The fourth-order valence-corrected chi connectivity index (χ4v) is 8.36. The van der Waals surface area contributed by atoms with Crippen molar-refractivity contribution < 1.29 is 19.5 Å². The summed E-state index contributed by atoms with van der Waals surface area (Å²) in [5, 5.41) is 11.0. The maximum absolute atomic E-state index is 12.8. The number of fused-ring (bicyclic) bond motifs is 1. The van der Waals surface area contributed by atoms with Crippen LogP contribution < -0.4 is 0 Å². The molecule has 6 aliphatic rings. The van der Waals surface area contributed by atoms with Gasteiger partial charge >= 0.3 is 0 Å². The minimum absolute atomic E-state index is 0.00628. The number of ketones is 1. The number of nitrogens with zero attached hydrogens (tertiary/aromatic N) is 1. The Morgan fingerprint density at radius 3 is 2.33 bits per heavy atom. The van der Waals surface area contributed by atoms with E-state index < -0.39 is 11.9 Å². The van der Waals surface area contributed by atoms with Gasteiger partial charge in [-0.2, -0.15) is 0 Å². The van der Waals surface area contributed by atoms with Crippen LogP contribution >= 0.6 is 0 Å². The predicted molar refractivity (Wildman–Crippen MR) is 98.6 cm³/mol. The zero-order valence-electron chi connectivity index (χ0n) is 16.3.